The van der Waals surface area contributed by atoms with E-state index in [4.69, 9.17) is 11.6 Å². The van der Waals surface area contributed by atoms with Gasteiger partial charge in [0.25, 0.3) is 5.91 Å². The highest BCUT2D eigenvalue weighted by Gasteiger charge is 2.19. The molecule has 122 valence electrons. The monoisotopic (exact) mass is 339 g/mol. The zero-order valence-corrected chi connectivity index (χ0v) is 13.1. The average Bonchev–Trinajstić information content (AvgIpc) is 2.47. The zero-order chi connectivity index (χ0) is 17.0. The van der Waals surface area contributed by atoms with Crippen molar-refractivity contribution in [2.75, 3.05) is 0 Å². The molecule has 0 bridgehead atoms. The summed E-state index contributed by atoms with van der Waals surface area (Å²) in [5.74, 6) is -1.75. The molecular weight excluding hydrogens is 324 g/mol. The summed E-state index contributed by atoms with van der Waals surface area (Å²) in [5, 5.41) is 12.7. The number of aliphatic hydroxyl groups is 1. The summed E-state index contributed by atoms with van der Waals surface area (Å²) in [4.78, 5) is 12.1. The second-order valence-electron chi connectivity index (χ2n) is 5.27. The van der Waals surface area contributed by atoms with E-state index < -0.39 is 29.7 Å². The van der Waals surface area contributed by atoms with Crippen molar-refractivity contribution in [3.05, 3.63) is 70.2 Å². The Labute approximate surface area is 137 Å². The van der Waals surface area contributed by atoms with Gasteiger partial charge in [0, 0.05) is 6.04 Å². The van der Waals surface area contributed by atoms with E-state index in [0.717, 1.165) is 6.07 Å². The standard InChI is InChI=1S/C17H16ClF2NO2/c1-10(9-15(22)11-5-7-12(19)8-6-11)21-17(23)16-13(18)3-2-4-14(16)20/h2-8,10,15,22H,9H2,1H3,(H,21,23). The predicted octanol–water partition coefficient (Wildman–Crippen LogP) is 3.86. The summed E-state index contributed by atoms with van der Waals surface area (Å²) in [5.41, 5.74) is 0.314. The smallest absolute Gasteiger partial charge is 0.255 e. The van der Waals surface area contributed by atoms with Crippen molar-refractivity contribution in [1.29, 1.82) is 0 Å². The van der Waals surface area contributed by atoms with E-state index in [-0.39, 0.29) is 17.0 Å². The number of nitrogens with one attached hydrogen (secondary N) is 1. The van der Waals surface area contributed by atoms with E-state index >= 15 is 0 Å². The maximum Gasteiger partial charge on any atom is 0.255 e. The number of carbonyl (C=O) groups is 1. The van der Waals surface area contributed by atoms with Gasteiger partial charge < -0.3 is 10.4 Å². The molecule has 2 N–H and O–H groups in total. The Morgan fingerprint density at radius 1 is 1.22 bits per heavy atom. The minimum absolute atomic E-state index is 0.0220. The summed E-state index contributed by atoms with van der Waals surface area (Å²) < 4.78 is 26.5. The summed E-state index contributed by atoms with van der Waals surface area (Å²) >= 11 is 5.84. The Bertz CT molecular complexity index is 671. The molecule has 6 heteroatoms. The molecule has 0 saturated carbocycles. The molecule has 0 fully saturated rings. The molecule has 0 aliphatic heterocycles. The van der Waals surface area contributed by atoms with Crippen LogP contribution in [0.1, 0.15) is 35.4 Å². The van der Waals surface area contributed by atoms with Crippen molar-refractivity contribution < 1.29 is 18.7 Å². The fraction of sp³-hybridized carbons (Fsp3) is 0.235. The molecule has 0 heterocycles. The van der Waals surface area contributed by atoms with Crippen LogP contribution in [0, 0.1) is 11.6 Å². The predicted molar refractivity (Wildman–Crippen MR) is 84.3 cm³/mol. The third-order valence-electron chi connectivity index (χ3n) is 3.40. The summed E-state index contributed by atoms with van der Waals surface area (Å²) in [6.07, 6.45) is -0.675. The lowest BCUT2D eigenvalue weighted by Gasteiger charge is -2.18. The third kappa shape index (κ3) is 4.50. The molecule has 2 aromatic carbocycles. The zero-order valence-electron chi connectivity index (χ0n) is 12.4. The summed E-state index contributed by atoms with van der Waals surface area (Å²) in [6, 6.07) is 9.01. The highest BCUT2D eigenvalue weighted by atomic mass is 35.5. The van der Waals surface area contributed by atoms with E-state index in [0.29, 0.717) is 5.56 Å². The topological polar surface area (TPSA) is 49.3 Å². The molecule has 2 unspecified atom stereocenters. The molecule has 2 rings (SSSR count). The minimum atomic E-state index is -0.873. The molecule has 2 atom stereocenters. The second kappa shape index (κ2) is 7.53. The molecule has 3 nitrogen and oxygen atoms in total. The molecule has 0 aliphatic carbocycles. The van der Waals surface area contributed by atoms with E-state index in [1.54, 1.807) is 6.92 Å². The summed E-state index contributed by atoms with van der Waals surface area (Å²) in [6.45, 7) is 1.68. The Morgan fingerprint density at radius 2 is 1.87 bits per heavy atom. The van der Waals surface area contributed by atoms with Crippen molar-refractivity contribution in [2.24, 2.45) is 0 Å². The largest absolute Gasteiger partial charge is 0.388 e. The van der Waals surface area contributed by atoms with Gasteiger partial charge in [0.15, 0.2) is 0 Å². The maximum atomic E-state index is 13.7. The molecule has 2 aromatic rings. The van der Waals surface area contributed by atoms with Crippen LogP contribution < -0.4 is 5.32 Å². The lowest BCUT2D eigenvalue weighted by Crippen LogP contribution is -2.34. The molecule has 0 saturated heterocycles. The Hall–Kier alpha value is -1.98. The van der Waals surface area contributed by atoms with Crippen LogP contribution in [-0.2, 0) is 0 Å². The third-order valence-corrected chi connectivity index (χ3v) is 3.71. The van der Waals surface area contributed by atoms with Crippen LogP contribution in [0.5, 0.6) is 0 Å². The lowest BCUT2D eigenvalue weighted by atomic mass is 10.0. The van der Waals surface area contributed by atoms with E-state index in [1.807, 2.05) is 0 Å². The van der Waals surface area contributed by atoms with E-state index in [9.17, 15) is 18.7 Å². The minimum Gasteiger partial charge on any atom is -0.388 e. The van der Waals surface area contributed by atoms with Gasteiger partial charge in [-0.05, 0) is 43.2 Å². The van der Waals surface area contributed by atoms with Crippen LogP contribution in [0.4, 0.5) is 8.78 Å². The fourth-order valence-corrected chi connectivity index (χ4v) is 2.47. The van der Waals surface area contributed by atoms with Crippen LogP contribution in [0.3, 0.4) is 0 Å². The van der Waals surface area contributed by atoms with Gasteiger partial charge in [-0.1, -0.05) is 29.8 Å². The molecule has 0 aliphatic rings. The number of hydrogen-bond donors (Lipinski definition) is 2. The highest BCUT2D eigenvalue weighted by Crippen LogP contribution is 2.21. The molecular formula is C17H16ClF2NO2. The second-order valence-corrected chi connectivity index (χ2v) is 5.68. The number of carbonyl (C=O) groups excluding carboxylic acids is 1. The maximum absolute atomic E-state index is 13.7. The lowest BCUT2D eigenvalue weighted by molar-refractivity contribution is 0.0913. The SMILES string of the molecule is CC(CC(O)c1ccc(F)cc1)NC(=O)c1c(F)cccc1Cl. The molecule has 23 heavy (non-hydrogen) atoms. The van der Waals surface area contributed by atoms with Crippen LogP contribution in [0.2, 0.25) is 5.02 Å². The number of rotatable bonds is 5. The van der Waals surface area contributed by atoms with Crippen molar-refractivity contribution >= 4 is 17.5 Å². The van der Waals surface area contributed by atoms with Crippen LogP contribution in [0.25, 0.3) is 0 Å². The Kier molecular flexibility index (Phi) is 5.69. The first-order valence-electron chi connectivity index (χ1n) is 7.07. The Morgan fingerprint density at radius 3 is 2.48 bits per heavy atom. The number of halogens is 3. The van der Waals surface area contributed by atoms with Gasteiger partial charge in [0.2, 0.25) is 0 Å². The van der Waals surface area contributed by atoms with Crippen LogP contribution in [-0.4, -0.2) is 17.1 Å². The summed E-state index contributed by atoms with van der Waals surface area (Å²) in [7, 11) is 0. The van der Waals surface area contributed by atoms with Gasteiger partial charge in [-0.2, -0.15) is 0 Å². The van der Waals surface area contributed by atoms with Crippen molar-refractivity contribution in [3.8, 4) is 0 Å². The Balaban J connectivity index is 2.00. The molecule has 1 amide bonds. The molecule has 0 radical (unpaired) electrons. The van der Waals surface area contributed by atoms with E-state index in [1.165, 1.54) is 36.4 Å². The molecule has 0 aromatic heterocycles. The molecule has 0 spiro atoms. The van der Waals surface area contributed by atoms with Gasteiger partial charge >= 0.3 is 0 Å². The number of amides is 1. The highest BCUT2D eigenvalue weighted by molar-refractivity contribution is 6.33. The van der Waals surface area contributed by atoms with Gasteiger partial charge in [0.05, 0.1) is 16.7 Å². The fourth-order valence-electron chi connectivity index (χ4n) is 2.23. The first kappa shape index (κ1) is 17.4. The normalized spacial score (nSPS) is 13.4. The quantitative estimate of drug-likeness (QED) is 0.869. The first-order chi connectivity index (χ1) is 10.9. The van der Waals surface area contributed by atoms with Gasteiger partial charge in [0.1, 0.15) is 11.6 Å². The number of benzene rings is 2. The van der Waals surface area contributed by atoms with Crippen molar-refractivity contribution in [2.45, 2.75) is 25.5 Å². The van der Waals surface area contributed by atoms with Crippen LogP contribution >= 0.6 is 11.6 Å². The van der Waals surface area contributed by atoms with Crippen molar-refractivity contribution in [3.63, 3.8) is 0 Å². The number of hydrogen-bond acceptors (Lipinski definition) is 2. The first-order valence-corrected chi connectivity index (χ1v) is 7.44. The van der Waals surface area contributed by atoms with Crippen LogP contribution in [0.15, 0.2) is 42.5 Å². The van der Waals surface area contributed by atoms with Gasteiger partial charge in [-0.15, -0.1) is 0 Å². The van der Waals surface area contributed by atoms with Gasteiger partial charge in [-0.3, -0.25) is 4.79 Å². The number of aliphatic hydroxyl groups excluding tert-OH is 1. The van der Waals surface area contributed by atoms with Gasteiger partial charge in [-0.25, -0.2) is 8.78 Å². The van der Waals surface area contributed by atoms with Crippen molar-refractivity contribution in [1.82, 2.24) is 5.32 Å². The van der Waals surface area contributed by atoms with E-state index in [2.05, 4.69) is 5.32 Å². The average molecular weight is 340 g/mol.